The number of para-hydroxylation sites is 2. The largest absolute Gasteiger partial charge is 0.326 e. The van der Waals surface area contributed by atoms with Gasteiger partial charge in [-0.05, 0) is 36.6 Å². The molecule has 0 saturated carbocycles. The van der Waals surface area contributed by atoms with Gasteiger partial charge in [0.25, 0.3) is 0 Å². The lowest BCUT2D eigenvalue weighted by Gasteiger charge is -2.32. The summed E-state index contributed by atoms with van der Waals surface area (Å²) >= 11 is 0. The summed E-state index contributed by atoms with van der Waals surface area (Å²) in [5.41, 5.74) is 3.20. The van der Waals surface area contributed by atoms with Crippen LogP contribution in [0.1, 0.15) is 24.4 Å². The number of fused-ring (bicyclic) bond motifs is 1. The lowest BCUT2D eigenvalue weighted by atomic mass is 10.0. The maximum atomic E-state index is 12.3. The van der Waals surface area contributed by atoms with Gasteiger partial charge in [0.05, 0.1) is 11.0 Å². The van der Waals surface area contributed by atoms with Crippen molar-refractivity contribution in [3.05, 3.63) is 64.8 Å². The normalized spacial score (nSPS) is 16.9. The van der Waals surface area contributed by atoms with Crippen LogP contribution in [0.3, 0.4) is 0 Å². The number of hydrogen-bond acceptors (Lipinski definition) is 3. The molecule has 1 aromatic carbocycles. The Morgan fingerprint density at radius 1 is 1.13 bits per heavy atom. The number of imidazole rings is 1. The SMILES string of the molecule is O=c1[nH]c2ccccc2n1C1CCN(Cc2cccnc2)CC1. The maximum Gasteiger partial charge on any atom is 0.326 e. The average molecular weight is 308 g/mol. The molecule has 1 aliphatic rings. The maximum absolute atomic E-state index is 12.3. The molecule has 0 atom stereocenters. The van der Waals surface area contributed by atoms with Crippen LogP contribution in [0.2, 0.25) is 0 Å². The Kier molecular flexibility index (Phi) is 3.71. The second-order valence-corrected chi connectivity index (χ2v) is 6.19. The fraction of sp³-hybridized carbons (Fsp3) is 0.333. The fourth-order valence-electron chi connectivity index (χ4n) is 3.52. The van der Waals surface area contributed by atoms with Crippen molar-refractivity contribution in [2.45, 2.75) is 25.4 Å². The van der Waals surface area contributed by atoms with Gasteiger partial charge >= 0.3 is 5.69 Å². The Bertz CT molecular complexity index is 844. The first-order chi connectivity index (χ1) is 11.3. The standard InChI is InChI=1S/C18H20N4O/c23-18-20-16-5-1-2-6-17(16)22(18)15-7-10-21(11-8-15)13-14-4-3-9-19-12-14/h1-6,9,12,15H,7-8,10-11,13H2,(H,20,23). The minimum atomic E-state index is 0.0110. The number of hydrogen-bond donors (Lipinski definition) is 1. The molecule has 0 bridgehead atoms. The van der Waals surface area contributed by atoms with Crippen molar-refractivity contribution >= 4 is 11.0 Å². The van der Waals surface area contributed by atoms with E-state index in [0.717, 1.165) is 43.5 Å². The minimum absolute atomic E-state index is 0.0110. The van der Waals surface area contributed by atoms with Gasteiger partial charge in [0.15, 0.2) is 0 Å². The zero-order valence-corrected chi connectivity index (χ0v) is 13.0. The first-order valence-corrected chi connectivity index (χ1v) is 8.12. The van der Waals surface area contributed by atoms with Gasteiger partial charge in [-0.2, -0.15) is 0 Å². The van der Waals surface area contributed by atoms with E-state index in [0.29, 0.717) is 0 Å². The highest BCUT2D eigenvalue weighted by molar-refractivity contribution is 5.75. The molecule has 118 valence electrons. The number of nitrogens with zero attached hydrogens (tertiary/aromatic N) is 3. The lowest BCUT2D eigenvalue weighted by molar-refractivity contribution is 0.180. The molecule has 0 unspecified atom stereocenters. The monoisotopic (exact) mass is 308 g/mol. The highest BCUT2D eigenvalue weighted by Gasteiger charge is 2.23. The van der Waals surface area contributed by atoms with Gasteiger partial charge in [-0.15, -0.1) is 0 Å². The molecule has 2 aromatic heterocycles. The van der Waals surface area contributed by atoms with Crippen LogP contribution in [0.15, 0.2) is 53.6 Å². The van der Waals surface area contributed by atoms with E-state index < -0.39 is 0 Å². The van der Waals surface area contributed by atoms with Crippen LogP contribution in [0.4, 0.5) is 0 Å². The lowest BCUT2D eigenvalue weighted by Crippen LogP contribution is -2.36. The summed E-state index contributed by atoms with van der Waals surface area (Å²) in [5, 5.41) is 0. The number of piperidine rings is 1. The summed E-state index contributed by atoms with van der Waals surface area (Å²) in [6.45, 7) is 2.94. The molecule has 3 aromatic rings. The third kappa shape index (κ3) is 2.80. The first-order valence-electron chi connectivity index (χ1n) is 8.12. The van der Waals surface area contributed by atoms with Crippen molar-refractivity contribution in [2.75, 3.05) is 13.1 Å². The molecule has 4 rings (SSSR count). The van der Waals surface area contributed by atoms with Crippen LogP contribution in [0, 0.1) is 0 Å². The highest BCUT2D eigenvalue weighted by Crippen LogP contribution is 2.25. The number of rotatable bonds is 3. The number of aromatic amines is 1. The highest BCUT2D eigenvalue weighted by atomic mass is 16.1. The first kappa shape index (κ1) is 14.2. The Labute approximate surface area is 134 Å². The molecule has 1 aliphatic heterocycles. The van der Waals surface area contributed by atoms with Crippen LogP contribution in [-0.4, -0.2) is 32.5 Å². The van der Waals surface area contributed by atoms with Gasteiger partial charge in [-0.25, -0.2) is 4.79 Å². The smallest absolute Gasteiger partial charge is 0.306 e. The molecule has 5 heteroatoms. The van der Waals surface area contributed by atoms with Crippen molar-refractivity contribution in [3.63, 3.8) is 0 Å². The predicted molar refractivity (Wildman–Crippen MR) is 90.3 cm³/mol. The summed E-state index contributed by atoms with van der Waals surface area (Å²) < 4.78 is 1.94. The molecule has 3 heterocycles. The van der Waals surface area contributed by atoms with Crippen LogP contribution in [-0.2, 0) is 6.54 Å². The van der Waals surface area contributed by atoms with Crippen molar-refractivity contribution in [1.82, 2.24) is 19.4 Å². The third-order valence-corrected chi connectivity index (χ3v) is 4.68. The van der Waals surface area contributed by atoms with E-state index in [2.05, 4.69) is 20.9 Å². The summed E-state index contributed by atoms with van der Waals surface area (Å²) in [6.07, 6.45) is 5.74. The van der Waals surface area contributed by atoms with Crippen molar-refractivity contribution in [2.24, 2.45) is 0 Å². The summed E-state index contributed by atoms with van der Waals surface area (Å²) in [5.74, 6) is 0. The average Bonchev–Trinajstić information content (AvgIpc) is 2.92. The van der Waals surface area contributed by atoms with E-state index in [1.165, 1.54) is 5.56 Å². The Morgan fingerprint density at radius 3 is 2.74 bits per heavy atom. The summed E-state index contributed by atoms with van der Waals surface area (Å²) in [7, 11) is 0. The van der Waals surface area contributed by atoms with Crippen LogP contribution < -0.4 is 5.69 Å². The van der Waals surface area contributed by atoms with Gasteiger partial charge in [-0.3, -0.25) is 14.5 Å². The summed E-state index contributed by atoms with van der Waals surface area (Å²) in [6, 6.07) is 12.3. The Hall–Kier alpha value is -2.40. The molecular formula is C18H20N4O. The van der Waals surface area contributed by atoms with Gasteiger partial charge < -0.3 is 4.98 Å². The number of likely N-dealkylation sites (tertiary alicyclic amines) is 1. The second kappa shape index (κ2) is 6.01. The molecule has 1 saturated heterocycles. The Morgan fingerprint density at radius 2 is 1.96 bits per heavy atom. The van der Waals surface area contributed by atoms with E-state index in [-0.39, 0.29) is 11.7 Å². The molecule has 0 spiro atoms. The van der Waals surface area contributed by atoms with Gasteiger partial charge in [-0.1, -0.05) is 18.2 Å². The molecule has 23 heavy (non-hydrogen) atoms. The quantitative estimate of drug-likeness (QED) is 0.809. The zero-order chi connectivity index (χ0) is 15.6. The van der Waals surface area contributed by atoms with Gasteiger partial charge in [0.1, 0.15) is 0 Å². The fourth-order valence-corrected chi connectivity index (χ4v) is 3.52. The zero-order valence-electron chi connectivity index (χ0n) is 13.0. The minimum Gasteiger partial charge on any atom is -0.306 e. The van der Waals surface area contributed by atoms with Crippen LogP contribution >= 0.6 is 0 Å². The number of H-pyrrole nitrogens is 1. The van der Waals surface area contributed by atoms with E-state index in [4.69, 9.17) is 0 Å². The number of pyridine rings is 1. The number of nitrogens with one attached hydrogen (secondary N) is 1. The molecule has 0 aliphatic carbocycles. The van der Waals surface area contributed by atoms with Crippen molar-refractivity contribution in [1.29, 1.82) is 0 Å². The molecule has 1 fully saturated rings. The third-order valence-electron chi connectivity index (χ3n) is 4.68. The summed E-state index contributed by atoms with van der Waals surface area (Å²) in [4.78, 5) is 21.9. The molecule has 0 radical (unpaired) electrons. The van der Waals surface area contributed by atoms with E-state index in [1.807, 2.05) is 41.1 Å². The van der Waals surface area contributed by atoms with E-state index in [9.17, 15) is 4.79 Å². The Balaban J connectivity index is 1.49. The van der Waals surface area contributed by atoms with Gasteiger partial charge in [0, 0.05) is 38.1 Å². The second-order valence-electron chi connectivity index (χ2n) is 6.19. The van der Waals surface area contributed by atoms with Crippen molar-refractivity contribution in [3.8, 4) is 0 Å². The predicted octanol–water partition coefficient (Wildman–Crippen LogP) is 2.56. The van der Waals surface area contributed by atoms with E-state index in [1.54, 1.807) is 6.20 Å². The van der Waals surface area contributed by atoms with Crippen LogP contribution in [0.5, 0.6) is 0 Å². The number of benzene rings is 1. The molecular weight excluding hydrogens is 288 g/mol. The molecule has 1 N–H and O–H groups in total. The van der Waals surface area contributed by atoms with Crippen LogP contribution in [0.25, 0.3) is 11.0 Å². The molecule has 0 amide bonds. The topological polar surface area (TPSA) is 53.9 Å². The number of aromatic nitrogens is 3. The van der Waals surface area contributed by atoms with Crippen molar-refractivity contribution < 1.29 is 0 Å². The van der Waals surface area contributed by atoms with Gasteiger partial charge in [0.2, 0.25) is 0 Å². The van der Waals surface area contributed by atoms with E-state index >= 15 is 0 Å². The molecule has 5 nitrogen and oxygen atoms in total.